The van der Waals surface area contributed by atoms with E-state index in [0.29, 0.717) is 5.56 Å². The van der Waals surface area contributed by atoms with Crippen LogP contribution in [0.4, 0.5) is 0 Å². The number of phenolic OH excluding ortho intramolecular Hbond substituents is 2. The molecule has 0 aliphatic carbocycles. The van der Waals surface area contributed by atoms with Crippen molar-refractivity contribution in [2.24, 2.45) is 0 Å². The van der Waals surface area contributed by atoms with Gasteiger partial charge in [-0.15, -0.1) is 11.3 Å². The Kier molecular flexibility index (Phi) is 2.35. The van der Waals surface area contributed by atoms with Gasteiger partial charge in [0.1, 0.15) is 16.5 Å². The van der Waals surface area contributed by atoms with Crippen LogP contribution in [0.3, 0.4) is 0 Å². The number of aromatic hydroxyl groups is 2. The Balaban J connectivity index is 2.61. The van der Waals surface area contributed by atoms with Gasteiger partial charge in [-0.05, 0) is 23.6 Å². The molecule has 0 bridgehead atoms. The van der Waals surface area contributed by atoms with Crippen molar-refractivity contribution in [2.75, 3.05) is 0 Å². The molecule has 0 atom stereocenters. The summed E-state index contributed by atoms with van der Waals surface area (Å²) in [5, 5.41) is 20.8. The fraction of sp³-hybridized carbons (Fsp3) is 0. The van der Waals surface area contributed by atoms with E-state index in [1.165, 1.54) is 17.4 Å². The first kappa shape index (κ1) is 9.37. The quantitative estimate of drug-likeness (QED) is 0.782. The second-order valence-corrected chi connectivity index (χ2v) is 4.10. The minimum atomic E-state index is -0.107. The minimum Gasteiger partial charge on any atom is -0.506 e. The number of thiophene rings is 1. The van der Waals surface area contributed by atoms with E-state index in [2.05, 4.69) is 0 Å². The van der Waals surface area contributed by atoms with Crippen molar-refractivity contribution < 1.29 is 10.2 Å². The first-order valence-electron chi connectivity index (χ1n) is 3.94. The van der Waals surface area contributed by atoms with E-state index in [1.807, 2.05) is 17.5 Å². The van der Waals surface area contributed by atoms with Crippen LogP contribution in [-0.2, 0) is 0 Å². The number of phenols is 2. The molecule has 1 heterocycles. The Morgan fingerprint density at radius 2 is 1.93 bits per heavy atom. The van der Waals surface area contributed by atoms with Gasteiger partial charge in [-0.3, -0.25) is 0 Å². The molecule has 72 valence electrons. The smallest absolute Gasteiger partial charge is 0.146 e. The van der Waals surface area contributed by atoms with Crippen LogP contribution in [0.5, 0.6) is 11.5 Å². The molecule has 0 saturated carbocycles. The molecule has 4 heteroatoms. The zero-order chi connectivity index (χ0) is 10.1. The lowest BCUT2D eigenvalue weighted by Crippen LogP contribution is -1.77. The Labute approximate surface area is 90.0 Å². The summed E-state index contributed by atoms with van der Waals surface area (Å²) in [7, 11) is 0. The van der Waals surface area contributed by atoms with Crippen molar-refractivity contribution in [3.63, 3.8) is 0 Å². The zero-order valence-corrected chi connectivity index (χ0v) is 8.64. The molecule has 1 aromatic heterocycles. The summed E-state index contributed by atoms with van der Waals surface area (Å²) in [6, 6.07) is 6.88. The summed E-state index contributed by atoms with van der Waals surface area (Å²) in [6.45, 7) is 0. The lowest BCUT2D eigenvalue weighted by Gasteiger charge is -2.04. The summed E-state index contributed by atoms with van der Waals surface area (Å²) in [6.07, 6.45) is 0. The van der Waals surface area contributed by atoms with E-state index >= 15 is 0 Å². The third-order valence-corrected chi connectivity index (χ3v) is 3.16. The summed E-state index contributed by atoms with van der Waals surface area (Å²) < 4.78 is 0. The fourth-order valence-electron chi connectivity index (χ4n) is 1.18. The second-order valence-electron chi connectivity index (χ2n) is 2.77. The maximum Gasteiger partial charge on any atom is 0.146 e. The SMILES string of the molecule is Oc1ccc(-c2cccs2)c(O)c1Cl. The third kappa shape index (κ3) is 1.45. The van der Waals surface area contributed by atoms with E-state index in [1.54, 1.807) is 6.07 Å². The van der Waals surface area contributed by atoms with E-state index in [0.717, 1.165) is 4.88 Å². The van der Waals surface area contributed by atoms with Crippen molar-refractivity contribution in [1.82, 2.24) is 0 Å². The van der Waals surface area contributed by atoms with Crippen LogP contribution in [0, 0.1) is 0 Å². The van der Waals surface area contributed by atoms with Crippen LogP contribution in [-0.4, -0.2) is 10.2 Å². The highest BCUT2D eigenvalue weighted by molar-refractivity contribution is 7.13. The molecule has 0 aliphatic rings. The van der Waals surface area contributed by atoms with Gasteiger partial charge in [0.05, 0.1) is 0 Å². The molecule has 0 amide bonds. The predicted molar refractivity (Wildman–Crippen MR) is 58.1 cm³/mol. The van der Waals surface area contributed by atoms with Gasteiger partial charge < -0.3 is 10.2 Å². The molecule has 0 radical (unpaired) electrons. The molecular formula is C10H7ClO2S. The van der Waals surface area contributed by atoms with Crippen LogP contribution in [0.15, 0.2) is 29.6 Å². The molecule has 0 unspecified atom stereocenters. The maximum absolute atomic E-state index is 9.66. The lowest BCUT2D eigenvalue weighted by atomic mass is 10.1. The Morgan fingerprint density at radius 1 is 1.14 bits per heavy atom. The molecule has 1 aromatic carbocycles. The van der Waals surface area contributed by atoms with Gasteiger partial charge in [-0.2, -0.15) is 0 Å². The van der Waals surface area contributed by atoms with Gasteiger partial charge >= 0.3 is 0 Å². The van der Waals surface area contributed by atoms with Gasteiger partial charge in [0.25, 0.3) is 0 Å². The average molecular weight is 227 g/mol. The highest BCUT2D eigenvalue weighted by Gasteiger charge is 2.11. The summed E-state index contributed by atoms with van der Waals surface area (Å²) >= 11 is 7.21. The number of benzene rings is 1. The lowest BCUT2D eigenvalue weighted by molar-refractivity contribution is 0.452. The fourth-order valence-corrected chi connectivity index (χ4v) is 2.10. The van der Waals surface area contributed by atoms with E-state index in [-0.39, 0.29) is 16.5 Å². The van der Waals surface area contributed by atoms with E-state index in [4.69, 9.17) is 11.6 Å². The first-order chi connectivity index (χ1) is 6.70. The van der Waals surface area contributed by atoms with Crippen LogP contribution < -0.4 is 0 Å². The summed E-state index contributed by atoms with van der Waals surface area (Å²) in [4.78, 5) is 0.921. The molecule has 0 fully saturated rings. The highest BCUT2D eigenvalue weighted by atomic mass is 35.5. The van der Waals surface area contributed by atoms with Crippen LogP contribution in [0.2, 0.25) is 5.02 Å². The van der Waals surface area contributed by atoms with Crippen molar-refractivity contribution >= 4 is 22.9 Å². The van der Waals surface area contributed by atoms with Crippen LogP contribution in [0.25, 0.3) is 10.4 Å². The number of hydrogen-bond donors (Lipinski definition) is 2. The van der Waals surface area contributed by atoms with Crippen LogP contribution >= 0.6 is 22.9 Å². The molecule has 2 rings (SSSR count). The maximum atomic E-state index is 9.66. The zero-order valence-electron chi connectivity index (χ0n) is 7.07. The Bertz CT molecular complexity index is 451. The first-order valence-corrected chi connectivity index (χ1v) is 5.20. The third-order valence-electron chi connectivity index (χ3n) is 1.88. The minimum absolute atomic E-state index is 0.00380. The van der Waals surface area contributed by atoms with E-state index < -0.39 is 0 Å². The molecule has 2 aromatic rings. The molecule has 0 spiro atoms. The summed E-state index contributed by atoms with van der Waals surface area (Å²) in [5.74, 6) is -0.182. The molecule has 0 saturated heterocycles. The van der Waals surface area contributed by atoms with Gasteiger partial charge in [0, 0.05) is 10.4 Å². The monoisotopic (exact) mass is 226 g/mol. The Hall–Kier alpha value is -1.19. The van der Waals surface area contributed by atoms with Crippen molar-refractivity contribution in [2.45, 2.75) is 0 Å². The van der Waals surface area contributed by atoms with Crippen molar-refractivity contribution in [1.29, 1.82) is 0 Å². The van der Waals surface area contributed by atoms with Crippen molar-refractivity contribution in [3.05, 3.63) is 34.7 Å². The molecule has 0 aliphatic heterocycles. The predicted octanol–water partition coefficient (Wildman–Crippen LogP) is 3.48. The van der Waals surface area contributed by atoms with Gasteiger partial charge in [-0.1, -0.05) is 17.7 Å². The molecule has 2 nitrogen and oxygen atoms in total. The van der Waals surface area contributed by atoms with Gasteiger partial charge in [-0.25, -0.2) is 0 Å². The normalized spacial score (nSPS) is 10.4. The number of rotatable bonds is 1. The van der Waals surface area contributed by atoms with Crippen molar-refractivity contribution in [3.8, 4) is 21.9 Å². The molecular weight excluding hydrogens is 220 g/mol. The van der Waals surface area contributed by atoms with Gasteiger partial charge in [0.15, 0.2) is 0 Å². The largest absolute Gasteiger partial charge is 0.506 e. The molecule has 14 heavy (non-hydrogen) atoms. The topological polar surface area (TPSA) is 40.5 Å². The van der Waals surface area contributed by atoms with Crippen LogP contribution in [0.1, 0.15) is 0 Å². The van der Waals surface area contributed by atoms with Gasteiger partial charge in [0.2, 0.25) is 0 Å². The number of halogens is 1. The highest BCUT2D eigenvalue weighted by Crippen LogP contribution is 2.41. The second kappa shape index (κ2) is 3.52. The summed E-state index contributed by atoms with van der Waals surface area (Å²) in [5.41, 5.74) is 0.641. The Morgan fingerprint density at radius 3 is 2.57 bits per heavy atom. The standard InChI is InChI=1S/C10H7ClO2S/c11-9-7(12)4-3-6(10(9)13)8-2-1-5-14-8/h1-5,12-13H. The van der Waals surface area contributed by atoms with E-state index in [9.17, 15) is 10.2 Å². The number of hydrogen-bond acceptors (Lipinski definition) is 3. The molecule has 2 N–H and O–H groups in total. The average Bonchev–Trinajstić information content (AvgIpc) is 2.67.